The number of rotatable bonds is 3. The first-order chi connectivity index (χ1) is 5.74. The molecule has 68 valence electrons. The number of nitro groups is 1. The minimum Gasteiger partial charge on any atom is -0.303 e. The highest BCUT2D eigenvalue weighted by Crippen LogP contribution is 2.28. The predicted octanol–water partition coefficient (Wildman–Crippen LogP) is 1.27. The summed E-state index contributed by atoms with van der Waals surface area (Å²) < 4.78 is 0. The van der Waals surface area contributed by atoms with E-state index in [0.717, 1.165) is 32.0 Å². The summed E-state index contributed by atoms with van der Waals surface area (Å²) in [6.07, 6.45) is 4.63. The minimum atomic E-state index is -0.313. The van der Waals surface area contributed by atoms with E-state index in [0.29, 0.717) is 0 Å². The summed E-state index contributed by atoms with van der Waals surface area (Å²) in [6, 6.07) is 0. The molecule has 0 aliphatic heterocycles. The van der Waals surface area contributed by atoms with Crippen LogP contribution in [-0.2, 0) is 4.79 Å². The number of carbonyl (C=O) groups is 1. The number of nitrogens with zero attached hydrogens (tertiary/aromatic N) is 1. The Morgan fingerprint density at radius 1 is 1.42 bits per heavy atom. The number of aldehydes is 1. The highest BCUT2D eigenvalue weighted by Gasteiger charge is 2.28. The summed E-state index contributed by atoms with van der Waals surface area (Å²) in [4.78, 5) is 20.4. The number of hydrogen-bond acceptors (Lipinski definition) is 3. The topological polar surface area (TPSA) is 60.2 Å². The monoisotopic (exact) mass is 171 g/mol. The van der Waals surface area contributed by atoms with Crippen molar-refractivity contribution in [1.82, 2.24) is 0 Å². The van der Waals surface area contributed by atoms with Gasteiger partial charge in [-0.05, 0) is 12.8 Å². The zero-order valence-electron chi connectivity index (χ0n) is 6.94. The van der Waals surface area contributed by atoms with Crippen LogP contribution in [0.25, 0.3) is 0 Å². The molecule has 1 rings (SSSR count). The molecule has 0 heterocycles. The summed E-state index contributed by atoms with van der Waals surface area (Å²) >= 11 is 0. The van der Waals surface area contributed by atoms with E-state index in [9.17, 15) is 14.9 Å². The lowest BCUT2D eigenvalue weighted by Crippen LogP contribution is -2.27. The van der Waals surface area contributed by atoms with Gasteiger partial charge >= 0.3 is 0 Å². The molecule has 1 aliphatic rings. The lowest BCUT2D eigenvalue weighted by molar-refractivity contribution is -0.490. The predicted molar refractivity (Wildman–Crippen MR) is 43.4 cm³/mol. The second-order valence-corrected chi connectivity index (χ2v) is 3.36. The van der Waals surface area contributed by atoms with Crippen LogP contribution in [0.3, 0.4) is 0 Å². The lowest BCUT2D eigenvalue weighted by Gasteiger charge is -2.23. The van der Waals surface area contributed by atoms with Gasteiger partial charge in [0.2, 0.25) is 6.54 Å². The van der Waals surface area contributed by atoms with Crippen LogP contribution >= 0.6 is 0 Å². The standard InChI is InChI=1S/C8H13NO3/c10-6-8-4-2-1-3-7(8)5-9(11)12/h6-8H,1-5H2/t7-,8-/m0/s1. The van der Waals surface area contributed by atoms with Crippen molar-refractivity contribution in [3.05, 3.63) is 10.1 Å². The van der Waals surface area contributed by atoms with Crippen molar-refractivity contribution in [3.8, 4) is 0 Å². The third-order valence-corrected chi connectivity index (χ3v) is 2.53. The highest BCUT2D eigenvalue weighted by atomic mass is 16.6. The Balaban J connectivity index is 2.46. The van der Waals surface area contributed by atoms with Crippen LogP contribution in [-0.4, -0.2) is 17.8 Å². The minimum absolute atomic E-state index is 0.00810. The Hall–Kier alpha value is -0.930. The Kier molecular flexibility index (Phi) is 3.19. The fraction of sp³-hybridized carbons (Fsp3) is 0.875. The molecular formula is C8H13NO3. The van der Waals surface area contributed by atoms with Crippen LogP contribution in [0, 0.1) is 22.0 Å². The summed E-state index contributed by atoms with van der Waals surface area (Å²) in [6.45, 7) is -0.0383. The summed E-state index contributed by atoms with van der Waals surface area (Å²) in [5.41, 5.74) is 0. The summed E-state index contributed by atoms with van der Waals surface area (Å²) in [5.74, 6) is -0.0737. The van der Waals surface area contributed by atoms with Gasteiger partial charge in [0.25, 0.3) is 0 Å². The van der Waals surface area contributed by atoms with Gasteiger partial charge < -0.3 is 4.79 Å². The van der Waals surface area contributed by atoms with Crippen LogP contribution in [0.4, 0.5) is 0 Å². The molecule has 0 amide bonds. The van der Waals surface area contributed by atoms with Crippen molar-refractivity contribution in [3.63, 3.8) is 0 Å². The molecule has 0 N–H and O–H groups in total. The van der Waals surface area contributed by atoms with E-state index in [-0.39, 0.29) is 23.3 Å². The molecule has 0 aromatic carbocycles. The molecule has 12 heavy (non-hydrogen) atoms. The molecule has 0 saturated heterocycles. The van der Waals surface area contributed by atoms with Gasteiger partial charge in [0.1, 0.15) is 6.29 Å². The molecule has 1 saturated carbocycles. The van der Waals surface area contributed by atoms with Gasteiger partial charge in [0.15, 0.2) is 0 Å². The third kappa shape index (κ3) is 2.29. The van der Waals surface area contributed by atoms with E-state index in [1.807, 2.05) is 0 Å². The van der Waals surface area contributed by atoms with Gasteiger partial charge in [-0.25, -0.2) is 0 Å². The second kappa shape index (κ2) is 4.18. The van der Waals surface area contributed by atoms with Crippen LogP contribution in [0.2, 0.25) is 0 Å². The molecular weight excluding hydrogens is 158 g/mol. The zero-order chi connectivity index (χ0) is 8.97. The van der Waals surface area contributed by atoms with Gasteiger partial charge in [0, 0.05) is 16.8 Å². The summed E-state index contributed by atoms with van der Waals surface area (Å²) in [5, 5.41) is 10.2. The van der Waals surface area contributed by atoms with Gasteiger partial charge in [-0.2, -0.15) is 0 Å². The van der Waals surface area contributed by atoms with E-state index < -0.39 is 0 Å². The molecule has 2 atom stereocenters. The molecule has 4 heteroatoms. The van der Waals surface area contributed by atoms with Crippen molar-refractivity contribution in [2.45, 2.75) is 25.7 Å². The molecule has 0 spiro atoms. The molecule has 0 bridgehead atoms. The maximum absolute atomic E-state index is 10.5. The molecule has 4 nitrogen and oxygen atoms in total. The first-order valence-electron chi connectivity index (χ1n) is 4.31. The molecule has 1 fully saturated rings. The Morgan fingerprint density at radius 3 is 2.67 bits per heavy atom. The fourth-order valence-electron chi connectivity index (χ4n) is 1.83. The van der Waals surface area contributed by atoms with E-state index in [1.165, 1.54) is 0 Å². The average Bonchev–Trinajstić information content (AvgIpc) is 2.04. The smallest absolute Gasteiger partial charge is 0.207 e. The lowest BCUT2D eigenvalue weighted by atomic mass is 9.80. The van der Waals surface area contributed by atoms with Gasteiger partial charge in [0.05, 0.1) is 0 Å². The third-order valence-electron chi connectivity index (χ3n) is 2.53. The van der Waals surface area contributed by atoms with Gasteiger partial charge in [-0.1, -0.05) is 12.8 Å². The first kappa shape index (κ1) is 9.16. The van der Waals surface area contributed by atoms with Crippen LogP contribution in [0.1, 0.15) is 25.7 Å². The van der Waals surface area contributed by atoms with Crippen molar-refractivity contribution in [2.24, 2.45) is 11.8 Å². The molecule has 0 unspecified atom stereocenters. The van der Waals surface area contributed by atoms with Gasteiger partial charge in [-0.3, -0.25) is 10.1 Å². The van der Waals surface area contributed by atoms with E-state index in [4.69, 9.17) is 0 Å². The molecule has 0 aromatic rings. The quantitative estimate of drug-likeness (QED) is 0.365. The Morgan fingerprint density at radius 2 is 2.08 bits per heavy atom. The Bertz CT molecular complexity index is 181. The van der Waals surface area contributed by atoms with E-state index >= 15 is 0 Å². The van der Waals surface area contributed by atoms with E-state index in [1.54, 1.807) is 0 Å². The van der Waals surface area contributed by atoms with Crippen molar-refractivity contribution >= 4 is 6.29 Å². The number of carbonyl (C=O) groups excluding carboxylic acids is 1. The van der Waals surface area contributed by atoms with Gasteiger partial charge in [-0.15, -0.1) is 0 Å². The van der Waals surface area contributed by atoms with Crippen molar-refractivity contribution < 1.29 is 9.72 Å². The SMILES string of the molecule is O=C[C@@H]1CCCC[C@H]1C[N+](=O)[O-]. The average molecular weight is 171 g/mol. The van der Waals surface area contributed by atoms with Crippen LogP contribution < -0.4 is 0 Å². The Labute approximate surface area is 71.1 Å². The largest absolute Gasteiger partial charge is 0.303 e. The maximum Gasteiger partial charge on any atom is 0.207 e. The van der Waals surface area contributed by atoms with E-state index in [2.05, 4.69) is 0 Å². The molecule has 1 aliphatic carbocycles. The fourth-order valence-corrected chi connectivity index (χ4v) is 1.83. The maximum atomic E-state index is 10.5. The molecule has 0 aromatic heterocycles. The summed E-state index contributed by atoms with van der Waals surface area (Å²) in [7, 11) is 0. The van der Waals surface area contributed by atoms with Crippen LogP contribution in [0.15, 0.2) is 0 Å². The number of hydrogen-bond donors (Lipinski definition) is 0. The molecule has 0 radical (unpaired) electrons. The first-order valence-corrected chi connectivity index (χ1v) is 4.31. The van der Waals surface area contributed by atoms with Crippen molar-refractivity contribution in [2.75, 3.05) is 6.54 Å². The highest BCUT2D eigenvalue weighted by molar-refractivity contribution is 5.54. The van der Waals surface area contributed by atoms with Crippen LogP contribution in [0.5, 0.6) is 0 Å². The normalized spacial score (nSPS) is 29.7. The zero-order valence-corrected chi connectivity index (χ0v) is 6.94. The second-order valence-electron chi connectivity index (χ2n) is 3.36. The van der Waals surface area contributed by atoms with Crippen molar-refractivity contribution in [1.29, 1.82) is 0 Å².